The Kier molecular flexibility index (Phi) is 1.69. The van der Waals surface area contributed by atoms with Crippen LogP contribution in [-0.4, -0.2) is 0 Å². The third kappa shape index (κ3) is 1.08. The van der Waals surface area contributed by atoms with Crippen molar-refractivity contribution in [2.45, 2.75) is 0 Å². The molecule has 2 aromatic rings. The van der Waals surface area contributed by atoms with Gasteiger partial charge >= 0.3 is 0 Å². The van der Waals surface area contributed by atoms with Crippen LogP contribution >= 0.6 is 27.3 Å². The summed E-state index contributed by atoms with van der Waals surface area (Å²) >= 11 is 4.68. The molecule has 0 saturated heterocycles. The third-order valence-corrected chi connectivity index (χ3v) is 3.02. The van der Waals surface area contributed by atoms with Crippen molar-refractivity contribution in [2.24, 2.45) is 0 Å². The molecular weight excluding hydrogens is 227 g/mol. The SMILES string of the molecule is Fc1c(Br)ccc2sccc12. The van der Waals surface area contributed by atoms with Crippen LogP contribution in [0, 0.1) is 5.82 Å². The van der Waals surface area contributed by atoms with Crippen molar-refractivity contribution in [3.8, 4) is 0 Å². The number of thiophene rings is 1. The summed E-state index contributed by atoms with van der Waals surface area (Å²) in [5.41, 5.74) is 0. The fourth-order valence-electron chi connectivity index (χ4n) is 0.982. The molecule has 11 heavy (non-hydrogen) atoms. The Morgan fingerprint density at radius 3 is 2.91 bits per heavy atom. The molecule has 0 saturated carbocycles. The molecule has 0 spiro atoms. The smallest absolute Gasteiger partial charge is 0.146 e. The van der Waals surface area contributed by atoms with E-state index in [9.17, 15) is 4.39 Å². The third-order valence-electron chi connectivity index (χ3n) is 1.52. The van der Waals surface area contributed by atoms with Crippen LogP contribution in [0.2, 0.25) is 0 Å². The predicted molar refractivity (Wildman–Crippen MR) is 49.5 cm³/mol. The molecule has 3 heteroatoms. The maximum Gasteiger partial charge on any atom is 0.146 e. The molecule has 1 aromatic heterocycles. The van der Waals surface area contributed by atoms with Crippen LogP contribution in [0.1, 0.15) is 0 Å². The zero-order valence-electron chi connectivity index (χ0n) is 5.47. The van der Waals surface area contributed by atoms with Gasteiger partial charge in [0.25, 0.3) is 0 Å². The molecule has 0 amide bonds. The monoisotopic (exact) mass is 230 g/mol. The van der Waals surface area contributed by atoms with Gasteiger partial charge in [-0.2, -0.15) is 0 Å². The quantitative estimate of drug-likeness (QED) is 0.646. The van der Waals surface area contributed by atoms with Gasteiger partial charge in [-0.25, -0.2) is 4.39 Å². The van der Waals surface area contributed by atoms with Gasteiger partial charge in [0.2, 0.25) is 0 Å². The Bertz CT molecular complexity index is 394. The van der Waals surface area contributed by atoms with Crippen molar-refractivity contribution in [3.63, 3.8) is 0 Å². The lowest BCUT2D eigenvalue weighted by molar-refractivity contribution is 0.633. The van der Waals surface area contributed by atoms with Gasteiger partial charge in [0.05, 0.1) is 4.47 Å². The van der Waals surface area contributed by atoms with Crippen LogP contribution < -0.4 is 0 Å². The highest BCUT2D eigenvalue weighted by atomic mass is 79.9. The summed E-state index contributed by atoms with van der Waals surface area (Å²) in [4.78, 5) is 0. The molecule has 1 heterocycles. The zero-order valence-corrected chi connectivity index (χ0v) is 7.88. The minimum absolute atomic E-state index is 0.163. The highest BCUT2D eigenvalue weighted by Gasteiger charge is 2.04. The summed E-state index contributed by atoms with van der Waals surface area (Å²) in [5.74, 6) is -0.163. The molecule has 2 rings (SSSR count). The van der Waals surface area contributed by atoms with Crippen LogP contribution in [0.5, 0.6) is 0 Å². The van der Waals surface area contributed by atoms with Gasteiger partial charge in [-0.15, -0.1) is 11.3 Å². The molecule has 0 aliphatic heterocycles. The van der Waals surface area contributed by atoms with Gasteiger partial charge < -0.3 is 0 Å². The molecule has 0 radical (unpaired) electrons. The van der Waals surface area contributed by atoms with Gasteiger partial charge in [0.1, 0.15) is 5.82 Å². The predicted octanol–water partition coefficient (Wildman–Crippen LogP) is 3.80. The van der Waals surface area contributed by atoms with E-state index in [1.165, 1.54) is 0 Å². The van der Waals surface area contributed by atoms with Gasteiger partial charge in [0, 0.05) is 10.1 Å². The van der Waals surface area contributed by atoms with Gasteiger partial charge in [0.15, 0.2) is 0 Å². The maximum atomic E-state index is 13.2. The number of fused-ring (bicyclic) bond motifs is 1. The molecular formula is C8H4BrFS. The standard InChI is InChI=1S/C8H4BrFS/c9-6-1-2-7-5(8(6)10)3-4-11-7/h1-4H. The summed E-state index contributed by atoms with van der Waals surface area (Å²) in [6.45, 7) is 0. The van der Waals surface area contributed by atoms with Crippen molar-refractivity contribution < 1.29 is 4.39 Å². The lowest BCUT2D eigenvalue weighted by Crippen LogP contribution is -1.75. The number of rotatable bonds is 0. The topological polar surface area (TPSA) is 0 Å². The minimum atomic E-state index is -0.163. The number of hydrogen-bond acceptors (Lipinski definition) is 1. The van der Waals surface area contributed by atoms with E-state index in [1.54, 1.807) is 23.5 Å². The van der Waals surface area contributed by atoms with E-state index < -0.39 is 0 Å². The lowest BCUT2D eigenvalue weighted by atomic mass is 10.2. The Morgan fingerprint density at radius 2 is 2.09 bits per heavy atom. The second-order valence-electron chi connectivity index (χ2n) is 2.19. The fourth-order valence-corrected chi connectivity index (χ4v) is 2.11. The van der Waals surface area contributed by atoms with E-state index in [0.29, 0.717) is 9.86 Å². The van der Waals surface area contributed by atoms with Crippen molar-refractivity contribution in [1.29, 1.82) is 0 Å². The number of benzene rings is 1. The van der Waals surface area contributed by atoms with E-state index in [1.807, 2.05) is 11.4 Å². The van der Waals surface area contributed by atoms with E-state index in [4.69, 9.17) is 0 Å². The molecule has 0 atom stereocenters. The average molecular weight is 231 g/mol. The van der Waals surface area contributed by atoms with Crippen LogP contribution in [-0.2, 0) is 0 Å². The second kappa shape index (κ2) is 2.57. The van der Waals surface area contributed by atoms with Crippen LogP contribution in [0.3, 0.4) is 0 Å². The zero-order chi connectivity index (χ0) is 7.84. The van der Waals surface area contributed by atoms with Crippen molar-refractivity contribution in [1.82, 2.24) is 0 Å². The molecule has 0 unspecified atom stereocenters. The normalized spacial score (nSPS) is 10.7. The van der Waals surface area contributed by atoms with Crippen LogP contribution in [0.4, 0.5) is 4.39 Å². The van der Waals surface area contributed by atoms with Crippen molar-refractivity contribution >= 4 is 37.4 Å². The fraction of sp³-hybridized carbons (Fsp3) is 0. The second-order valence-corrected chi connectivity index (χ2v) is 4.00. The first-order valence-corrected chi connectivity index (χ1v) is 4.77. The van der Waals surface area contributed by atoms with Gasteiger partial charge in [-0.3, -0.25) is 0 Å². The number of halogens is 2. The van der Waals surface area contributed by atoms with Crippen molar-refractivity contribution in [2.75, 3.05) is 0 Å². The van der Waals surface area contributed by atoms with Gasteiger partial charge in [-0.05, 0) is 39.5 Å². The molecule has 0 aliphatic carbocycles. The summed E-state index contributed by atoms with van der Waals surface area (Å²) in [6.07, 6.45) is 0. The molecule has 1 aromatic carbocycles. The van der Waals surface area contributed by atoms with Crippen LogP contribution in [0.15, 0.2) is 28.1 Å². The summed E-state index contributed by atoms with van der Waals surface area (Å²) < 4.78 is 14.7. The Hall–Kier alpha value is -0.410. The Balaban J connectivity index is 2.93. The molecule has 0 fully saturated rings. The van der Waals surface area contributed by atoms with Crippen molar-refractivity contribution in [3.05, 3.63) is 33.9 Å². The van der Waals surface area contributed by atoms with Gasteiger partial charge in [-0.1, -0.05) is 0 Å². The molecule has 0 bridgehead atoms. The van der Waals surface area contributed by atoms with Crippen LogP contribution in [0.25, 0.3) is 10.1 Å². The van der Waals surface area contributed by atoms with E-state index in [-0.39, 0.29) is 5.82 Å². The largest absolute Gasteiger partial charge is 0.205 e. The summed E-state index contributed by atoms with van der Waals surface area (Å²) in [5, 5.41) is 2.59. The maximum absolute atomic E-state index is 13.2. The molecule has 0 N–H and O–H groups in total. The van der Waals surface area contributed by atoms with E-state index >= 15 is 0 Å². The average Bonchev–Trinajstić information content (AvgIpc) is 2.45. The molecule has 56 valence electrons. The minimum Gasteiger partial charge on any atom is -0.205 e. The molecule has 0 nitrogen and oxygen atoms in total. The first kappa shape index (κ1) is 7.25. The highest BCUT2D eigenvalue weighted by molar-refractivity contribution is 9.10. The first-order chi connectivity index (χ1) is 5.29. The Labute approximate surface area is 75.8 Å². The van der Waals surface area contributed by atoms with E-state index in [0.717, 1.165) is 4.70 Å². The first-order valence-electron chi connectivity index (χ1n) is 3.10. The molecule has 0 aliphatic rings. The van der Waals surface area contributed by atoms with E-state index in [2.05, 4.69) is 15.9 Å². The Morgan fingerprint density at radius 1 is 1.27 bits per heavy atom. The summed E-state index contributed by atoms with van der Waals surface area (Å²) in [6, 6.07) is 5.43. The summed E-state index contributed by atoms with van der Waals surface area (Å²) in [7, 11) is 0. The number of hydrogen-bond donors (Lipinski definition) is 0. The lowest BCUT2D eigenvalue weighted by Gasteiger charge is -1.93. The highest BCUT2D eigenvalue weighted by Crippen LogP contribution is 2.28.